The number of pyridine rings is 1. The van der Waals surface area contributed by atoms with Gasteiger partial charge in [-0.25, -0.2) is 9.07 Å². The summed E-state index contributed by atoms with van der Waals surface area (Å²) in [7, 11) is 3.12. The molecule has 9 nitrogen and oxygen atoms in total. The van der Waals surface area contributed by atoms with Crippen LogP contribution in [0.25, 0.3) is 11.4 Å². The fraction of sp³-hybridized carbons (Fsp3) is 0.154. The molecule has 0 spiro atoms. The quantitative estimate of drug-likeness (QED) is 0.416. The fourth-order valence-electron chi connectivity index (χ4n) is 4.13. The van der Waals surface area contributed by atoms with Crippen LogP contribution in [0.15, 0.2) is 78.3 Å². The Morgan fingerprint density at radius 3 is 2.56 bits per heavy atom. The monoisotopic (exact) mass is 486 g/mol. The summed E-state index contributed by atoms with van der Waals surface area (Å²) in [5, 5.41) is 10.8. The molecule has 2 aromatic carbocycles. The summed E-state index contributed by atoms with van der Waals surface area (Å²) < 4.78 is 26.1. The van der Waals surface area contributed by atoms with Crippen molar-refractivity contribution in [3.05, 3.63) is 89.6 Å². The number of halogens is 1. The van der Waals surface area contributed by atoms with Gasteiger partial charge in [-0.3, -0.25) is 9.78 Å². The van der Waals surface area contributed by atoms with Crippen LogP contribution >= 0.6 is 0 Å². The summed E-state index contributed by atoms with van der Waals surface area (Å²) in [6.07, 6.45) is 3.19. The lowest BCUT2D eigenvalue weighted by atomic mass is 9.95. The fourth-order valence-corrected chi connectivity index (χ4v) is 4.13. The number of rotatable bonds is 6. The van der Waals surface area contributed by atoms with Crippen molar-refractivity contribution in [3.63, 3.8) is 0 Å². The third-order valence-electron chi connectivity index (χ3n) is 5.84. The van der Waals surface area contributed by atoms with Gasteiger partial charge in [-0.05, 0) is 55.0 Å². The number of methoxy groups -OCH3 is 2. The second-order valence-electron chi connectivity index (χ2n) is 8.09. The van der Waals surface area contributed by atoms with Crippen LogP contribution in [0.3, 0.4) is 0 Å². The SMILES string of the molecule is COc1ccc(-c2nc3n(n2)C(c2ccc(F)cc2)C(C(=O)Nc2cccnc2)=C(C)N3)cc1OC. The van der Waals surface area contributed by atoms with Gasteiger partial charge >= 0.3 is 0 Å². The van der Waals surface area contributed by atoms with E-state index in [9.17, 15) is 9.18 Å². The van der Waals surface area contributed by atoms with Gasteiger partial charge in [0.25, 0.3) is 5.91 Å². The maximum Gasteiger partial charge on any atom is 0.255 e. The molecule has 1 aliphatic rings. The maximum atomic E-state index is 13.8. The molecular weight excluding hydrogens is 463 g/mol. The van der Waals surface area contributed by atoms with E-state index < -0.39 is 6.04 Å². The van der Waals surface area contributed by atoms with Gasteiger partial charge in [0.1, 0.15) is 11.9 Å². The van der Waals surface area contributed by atoms with Crippen molar-refractivity contribution in [2.24, 2.45) is 0 Å². The maximum absolute atomic E-state index is 13.8. The lowest BCUT2D eigenvalue weighted by Crippen LogP contribution is -2.31. The van der Waals surface area contributed by atoms with Crippen molar-refractivity contribution in [2.45, 2.75) is 13.0 Å². The number of hydrogen-bond acceptors (Lipinski definition) is 7. The first-order valence-corrected chi connectivity index (χ1v) is 11.1. The number of amides is 1. The first kappa shape index (κ1) is 23.0. The number of nitrogens with one attached hydrogen (secondary N) is 2. The van der Waals surface area contributed by atoms with Crippen LogP contribution in [0.4, 0.5) is 16.0 Å². The molecule has 0 bridgehead atoms. The van der Waals surface area contributed by atoms with Crippen LogP contribution < -0.4 is 20.1 Å². The molecular formula is C26H23FN6O3. The highest BCUT2D eigenvalue weighted by Gasteiger charge is 2.34. The molecule has 3 heterocycles. The van der Waals surface area contributed by atoms with E-state index >= 15 is 0 Å². The van der Waals surface area contributed by atoms with Crippen molar-refractivity contribution in [1.29, 1.82) is 0 Å². The molecule has 0 radical (unpaired) electrons. The normalized spacial score (nSPS) is 14.6. The Labute approximate surface area is 206 Å². The zero-order valence-electron chi connectivity index (χ0n) is 19.8. The van der Waals surface area contributed by atoms with Crippen molar-refractivity contribution < 1.29 is 18.7 Å². The van der Waals surface area contributed by atoms with E-state index in [1.54, 1.807) is 74.6 Å². The third kappa shape index (κ3) is 4.24. The van der Waals surface area contributed by atoms with Gasteiger partial charge in [0, 0.05) is 17.5 Å². The second kappa shape index (κ2) is 9.49. The summed E-state index contributed by atoms with van der Waals surface area (Å²) in [6, 6.07) is 14.2. The minimum Gasteiger partial charge on any atom is -0.493 e. The molecule has 1 atom stereocenters. The highest BCUT2D eigenvalue weighted by Crippen LogP contribution is 2.38. The van der Waals surface area contributed by atoms with E-state index in [2.05, 4.69) is 20.6 Å². The van der Waals surface area contributed by atoms with E-state index in [0.717, 1.165) is 0 Å². The topological polar surface area (TPSA) is 103 Å². The summed E-state index contributed by atoms with van der Waals surface area (Å²) in [6.45, 7) is 1.79. The first-order chi connectivity index (χ1) is 17.5. The van der Waals surface area contributed by atoms with Crippen molar-refractivity contribution in [3.8, 4) is 22.9 Å². The number of anilines is 2. The van der Waals surface area contributed by atoms with Gasteiger partial charge in [-0.1, -0.05) is 12.1 Å². The molecule has 36 heavy (non-hydrogen) atoms. The minimum atomic E-state index is -0.653. The average Bonchev–Trinajstić information content (AvgIpc) is 3.32. The summed E-state index contributed by atoms with van der Waals surface area (Å²) in [4.78, 5) is 22.2. The molecule has 1 amide bonds. The largest absolute Gasteiger partial charge is 0.493 e. The predicted octanol–water partition coefficient (Wildman–Crippen LogP) is 4.42. The molecule has 10 heteroatoms. The van der Waals surface area contributed by atoms with E-state index in [0.29, 0.717) is 51.4 Å². The third-order valence-corrected chi connectivity index (χ3v) is 5.84. The molecule has 0 saturated heterocycles. The van der Waals surface area contributed by atoms with Gasteiger partial charge in [0.2, 0.25) is 5.95 Å². The van der Waals surface area contributed by atoms with Crippen LogP contribution in [0.5, 0.6) is 11.5 Å². The average molecular weight is 487 g/mol. The molecule has 0 fully saturated rings. The minimum absolute atomic E-state index is 0.337. The number of ether oxygens (including phenoxy) is 2. The number of aromatic nitrogens is 4. The van der Waals surface area contributed by atoms with Crippen LogP contribution in [0.2, 0.25) is 0 Å². The summed E-state index contributed by atoms with van der Waals surface area (Å²) in [5.74, 6) is 1.28. The van der Waals surface area contributed by atoms with E-state index in [1.807, 2.05) is 6.07 Å². The Hall–Kier alpha value is -4.73. The van der Waals surface area contributed by atoms with E-state index in [1.165, 1.54) is 12.1 Å². The number of carbonyl (C=O) groups excluding carboxylic acids is 1. The number of benzene rings is 2. The Balaban J connectivity index is 1.59. The number of hydrogen-bond donors (Lipinski definition) is 2. The molecule has 1 aliphatic heterocycles. The van der Waals surface area contributed by atoms with Crippen LogP contribution in [-0.4, -0.2) is 39.9 Å². The Bertz CT molecular complexity index is 1450. The molecule has 2 N–H and O–H groups in total. The summed E-state index contributed by atoms with van der Waals surface area (Å²) in [5.41, 5.74) is 2.95. The van der Waals surface area contributed by atoms with Crippen LogP contribution in [0, 0.1) is 5.82 Å². The molecule has 1 unspecified atom stereocenters. The second-order valence-corrected chi connectivity index (χ2v) is 8.09. The van der Waals surface area contributed by atoms with Gasteiger partial charge in [0.05, 0.1) is 31.7 Å². The van der Waals surface area contributed by atoms with E-state index in [4.69, 9.17) is 14.6 Å². The van der Waals surface area contributed by atoms with Crippen LogP contribution in [-0.2, 0) is 4.79 Å². The lowest BCUT2D eigenvalue weighted by Gasteiger charge is -2.28. The van der Waals surface area contributed by atoms with Gasteiger partial charge in [-0.15, -0.1) is 5.10 Å². The molecule has 182 valence electrons. The van der Waals surface area contributed by atoms with Crippen molar-refractivity contribution in [1.82, 2.24) is 19.7 Å². The molecule has 2 aromatic heterocycles. The zero-order chi connectivity index (χ0) is 25.2. The number of carbonyl (C=O) groups is 1. The van der Waals surface area contributed by atoms with E-state index in [-0.39, 0.29) is 11.7 Å². The Kier molecular flexibility index (Phi) is 6.07. The summed E-state index contributed by atoms with van der Waals surface area (Å²) >= 11 is 0. The highest BCUT2D eigenvalue weighted by molar-refractivity contribution is 6.05. The Morgan fingerprint density at radius 2 is 1.86 bits per heavy atom. The molecule has 0 saturated carbocycles. The Morgan fingerprint density at radius 1 is 1.08 bits per heavy atom. The van der Waals surface area contributed by atoms with Gasteiger partial charge in [0.15, 0.2) is 17.3 Å². The van der Waals surface area contributed by atoms with Crippen molar-refractivity contribution >= 4 is 17.5 Å². The number of allylic oxidation sites excluding steroid dienone is 1. The van der Waals surface area contributed by atoms with Crippen LogP contribution in [0.1, 0.15) is 18.5 Å². The van der Waals surface area contributed by atoms with Gasteiger partial charge in [-0.2, -0.15) is 4.98 Å². The smallest absolute Gasteiger partial charge is 0.255 e. The molecule has 4 aromatic rings. The van der Waals surface area contributed by atoms with Crippen molar-refractivity contribution in [2.75, 3.05) is 24.9 Å². The zero-order valence-corrected chi connectivity index (χ0v) is 19.8. The number of nitrogens with zero attached hydrogens (tertiary/aromatic N) is 4. The molecule has 5 rings (SSSR count). The standard InChI is InChI=1S/C26H23FN6O3/c1-15-22(25(34)30-19-5-4-12-28-14-19)23(16-6-9-18(27)10-7-16)33-26(29-15)31-24(32-33)17-8-11-20(35-2)21(13-17)36-3/h4-14,23H,1-3H3,(H,30,34)(H,29,31,32). The predicted molar refractivity (Wildman–Crippen MR) is 132 cm³/mol. The number of fused-ring (bicyclic) bond motifs is 1. The highest BCUT2D eigenvalue weighted by atomic mass is 19.1. The lowest BCUT2D eigenvalue weighted by molar-refractivity contribution is -0.113. The molecule has 0 aliphatic carbocycles. The first-order valence-electron chi connectivity index (χ1n) is 11.1. The van der Waals surface area contributed by atoms with Gasteiger partial charge < -0.3 is 20.1 Å².